The number of pyridine rings is 1. The smallest absolute Gasteiger partial charge is 0.255 e. The van der Waals surface area contributed by atoms with Crippen molar-refractivity contribution in [3.8, 4) is 10.4 Å². The molecule has 2 fully saturated rings. The van der Waals surface area contributed by atoms with E-state index in [1.807, 2.05) is 31.2 Å². The molecule has 11 nitrogen and oxygen atoms in total. The molecule has 1 saturated heterocycles. The van der Waals surface area contributed by atoms with Crippen LogP contribution in [0.4, 0.5) is 16.8 Å². The van der Waals surface area contributed by atoms with Crippen LogP contribution in [0.25, 0.3) is 10.4 Å². The van der Waals surface area contributed by atoms with E-state index >= 15 is 0 Å². The maximum absolute atomic E-state index is 13.3. The van der Waals surface area contributed by atoms with E-state index in [9.17, 15) is 18.0 Å². The number of hydrogen-bond acceptors (Lipinski definition) is 9. The second kappa shape index (κ2) is 11.1. The van der Waals surface area contributed by atoms with Gasteiger partial charge in [0.05, 0.1) is 27.6 Å². The summed E-state index contributed by atoms with van der Waals surface area (Å²) in [5.41, 5.74) is 2.40. The predicted molar refractivity (Wildman–Crippen MR) is 158 cm³/mol. The van der Waals surface area contributed by atoms with Gasteiger partial charge in [0, 0.05) is 19.6 Å². The third-order valence-electron chi connectivity index (χ3n) is 7.73. The first-order valence-corrected chi connectivity index (χ1v) is 16.2. The van der Waals surface area contributed by atoms with Gasteiger partial charge in [0.2, 0.25) is 15.9 Å². The minimum absolute atomic E-state index is 0.000272. The Hall–Kier alpha value is -3.39. The maximum atomic E-state index is 13.3. The Labute approximate surface area is 243 Å². The minimum Gasteiger partial charge on any atom is -0.334 e. The number of aryl methyl sites for hydroxylation is 1. The van der Waals surface area contributed by atoms with Crippen molar-refractivity contribution in [1.29, 1.82) is 0 Å². The number of aromatic nitrogens is 2. The first-order chi connectivity index (χ1) is 19.7. The number of sulfonamides is 1. The molecule has 41 heavy (non-hydrogen) atoms. The molecule has 1 saturated carbocycles. The summed E-state index contributed by atoms with van der Waals surface area (Å²) in [6, 6.07) is 8.97. The molecule has 0 bridgehead atoms. The topological polar surface area (TPSA) is 137 Å². The summed E-state index contributed by atoms with van der Waals surface area (Å²) in [6.45, 7) is 4.56. The van der Waals surface area contributed by atoms with Gasteiger partial charge >= 0.3 is 0 Å². The van der Waals surface area contributed by atoms with E-state index in [1.54, 1.807) is 15.9 Å². The number of nitrogens with zero attached hydrogens (tertiary/aromatic N) is 4. The quantitative estimate of drug-likeness (QED) is 0.343. The van der Waals surface area contributed by atoms with Gasteiger partial charge in [-0.15, -0.1) is 0 Å². The lowest BCUT2D eigenvalue weighted by atomic mass is 10.0. The Bertz CT molecular complexity index is 1620. The number of fused-ring (bicyclic) bond motifs is 1. The number of carbonyl (C=O) groups is 2. The molecule has 0 atom stereocenters. The zero-order valence-electron chi connectivity index (χ0n) is 23.1. The molecule has 2 aliphatic heterocycles. The molecule has 0 radical (unpaired) electrons. The summed E-state index contributed by atoms with van der Waals surface area (Å²) >= 11 is 1.38. The molecule has 0 unspecified atom stereocenters. The van der Waals surface area contributed by atoms with Gasteiger partial charge in [-0.2, -0.15) is 0 Å². The van der Waals surface area contributed by atoms with Crippen molar-refractivity contribution in [3.63, 3.8) is 0 Å². The molecular weight excluding hydrogens is 562 g/mol. The van der Waals surface area contributed by atoms with Gasteiger partial charge in [0.15, 0.2) is 5.13 Å². The maximum Gasteiger partial charge on any atom is 0.255 e. The fraction of sp³-hybridized carbons (Fsp3) is 0.429. The molecule has 2 amide bonds. The van der Waals surface area contributed by atoms with Crippen LogP contribution in [0.3, 0.4) is 0 Å². The van der Waals surface area contributed by atoms with E-state index in [4.69, 9.17) is 0 Å². The molecule has 3 aliphatic rings. The van der Waals surface area contributed by atoms with Gasteiger partial charge in [0.1, 0.15) is 11.6 Å². The molecule has 0 spiro atoms. The molecule has 1 aromatic carbocycles. The number of anilines is 3. The van der Waals surface area contributed by atoms with Crippen molar-refractivity contribution in [2.75, 3.05) is 43.4 Å². The monoisotopic (exact) mass is 595 g/mol. The second-order valence-corrected chi connectivity index (χ2v) is 13.5. The predicted octanol–water partition coefficient (Wildman–Crippen LogP) is 3.25. The van der Waals surface area contributed by atoms with E-state index < -0.39 is 10.0 Å². The number of thiazole rings is 1. The standard InChI is InChI=1S/C28H33N7O4S2/c1-17-26(40-28(31-17)33-22-5-3-6-23(32-22)35-11-4-10-30-15-24(35)36)19-13-20-16-34(12-9-18-7-8-18)27(37)25(20)21(14-19)41(38,39)29-2/h3,5-6,13-14,18,29-30H,4,7-12,15-16H2,1-2H3,(H,31,32,33). The molecule has 3 N–H and O–H groups in total. The Kier molecular flexibility index (Phi) is 7.53. The summed E-state index contributed by atoms with van der Waals surface area (Å²) < 4.78 is 28.5. The summed E-state index contributed by atoms with van der Waals surface area (Å²) in [4.78, 5) is 39.4. The highest BCUT2D eigenvalue weighted by molar-refractivity contribution is 7.89. The highest BCUT2D eigenvalue weighted by atomic mass is 32.2. The lowest BCUT2D eigenvalue weighted by Gasteiger charge is -2.19. The summed E-state index contributed by atoms with van der Waals surface area (Å²) in [5.74, 6) is 1.55. The third kappa shape index (κ3) is 5.71. The van der Waals surface area contributed by atoms with Crippen molar-refractivity contribution in [2.45, 2.75) is 44.0 Å². The summed E-state index contributed by atoms with van der Waals surface area (Å²) in [7, 11) is -2.53. The van der Waals surface area contributed by atoms with Crippen molar-refractivity contribution in [3.05, 3.63) is 47.2 Å². The van der Waals surface area contributed by atoms with E-state index in [1.165, 1.54) is 31.2 Å². The molecule has 13 heteroatoms. The fourth-order valence-electron chi connectivity index (χ4n) is 5.35. The SMILES string of the molecule is CNS(=O)(=O)c1cc(-c2sc(Nc3cccc(N4CCCNCC4=O)n3)nc2C)cc2c1C(=O)N(CCC1CC1)C2. The highest BCUT2D eigenvalue weighted by Gasteiger charge is 2.35. The third-order valence-corrected chi connectivity index (χ3v) is 10.3. The molecule has 3 aromatic rings. The largest absolute Gasteiger partial charge is 0.334 e. The van der Waals surface area contributed by atoms with Crippen molar-refractivity contribution in [2.24, 2.45) is 5.92 Å². The first kappa shape index (κ1) is 27.8. The van der Waals surface area contributed by atoms with Gasteiger partial charge in [-0.3, -0.25) is 14.5 Å². The van der Waals surface area contributed by atoms with Crippen LogP contribution in [0, 0.1) is 12.8 Å². The Morgan fingerprint density at radius 1 is 1.17 bits per heavy atom. The zero-order valence-corrected chi connectivity index (χ0v) is 24.7. The number of benzene rings is 1. The molecule has 4 heterocycles. The van der Waals surface area contributed by atoms with Crippen LogP contribution in [0.2, 0.25) is 0 Å². The second-order valence-electron chi connectivity index (χ2n) is 10.7. The summed E-state index contributed by atoms with van der Waals surface area (Å²) in [6.07, 6.45) is 4.19. The average molecular weight is 596 g/mol. The number of nitrogens with one attached hydrogen (secondary N) is 3. The van der Waals surface area contributed by atoms with E-state index in [0.29, 0.717) is 53.4 Å². The van der Waals surface area contributed by atoms with Crippen molar-refractivity contribution >= 4 is 49.9 Å². The molecule has 2 aromatic heterocycles. The van der Waals surface area contributed by atoms with Gasteiger partial charge in [-0.25, -0.2) is 23.1 Å². The van der Waals surface area contributed by atoms with Crippen molar-refractivity contribution < 1.29 is 18.0 Å². The zero-order chi connectivity index (χ0) is 28.7. The minimum atomic E-state index is -3.88. The normalized spacial score (nSPS) is 17.6. The number of carbonyl (C=O) groups excluding carboxylic acids is 2. The van der Waals surface area contributed by atoms with Crippen LogP contribution in [0.5, 0.6) is 0 Å². The van der Waals surface area contributed by atoms with E-state index in [-0.39, 0.29) is 28.8 Å². The van der Waals surface area contributed by atoms with Gasteiger partial charge < -0.3 is 15.5 Å². The Morgan fingerprint density at radius 2 is 2.00 bits per heavy atom. The Morgan fingerprint density at radius 3 is 2.78 bits per heavy atom. The van der Waals surface area contributed by atoms with Crippen LogP contribution >= 0.6 is 11.3 Å². The number of hydrogen-bond donors (Lipinski definition) is 3. The Balaban J connectivity index is 1.29. The van der Waals surface area contributed by atoms with Gasteiger partial charge in [0.25, 0.3) is 5.91 Å². The highest BCUT2D eigenvalue weighted by Crippen LogP contribution is 2.40. The van der Waals surface area contributed by atoms with Crippen LogP contribution in [0.15, 0.2) is 35.2 Å². The molecule has 1 aliphatic carbocycles. The number of rotatable bonds is 9. The van der Waals surface area contributed by atoms with Crippen LogP contribution in [-0.2, 0) is 21.4 Å². The average Bonchev–Trinajstić information content (AvgIpc) is 3.69. The summed E-state index contributed by atoms with van der Waals surface area (Å²) in [5, 5.41) is 6.96. The lowest BCUT2D eigenvalue weighted by Crippen LogP contribution is -2.35. The first-order valence-electron chi connectivity index (χ1n) is 13.9. The van der Waals surface area contributed by atoms with E-state index in [2.05, 4.69) is 25.3 Å². The van der Waals surface area contributed by atoms with Crippen molar-refractivity contribution in [1.82, 2.24) is 24.9 Å². The van der Waals surface area contributed by atoms with Crippen LogP contribution in [0.1, 0.15) is 47.3 Å². The lowest BCUT2D eigenvalue weighted by molar-refractivity contribution is -0.117. The molecule has 6 rings (SSSR count). The fourth-order valence-corrected chi connectivity index (χ4v) is 7.29. The molecule has 216 valence electrons. The number of amides is 2. The van der Waals surface area contributed by atoms with E-state index in [0.717, 1.165) is 30.0 Å². The van der Waals surface area contributed by atoms with Gasteiger partial charge in [-0.1, -0.05) is 30.2 Å². The van der Waals surface area contributed by atoms with Crippen LogP contribution < -0.4 is 20.3 Å². The van der Waals surface area contributed by atoms with Crippen LogP contribution in [-0.4, -0.2) is 68.3 Å². The van der Waals surface area contributed by atoms with Gasteiger partial charge in [-0.05, 0) is 74.7 Å². The molecular formula is C28H33N7O4S2.